The molecule has 20 heavy (non-hydrogen) atoms. The average molecular weight is 305 g/mol. The largest absolute Gasteiger partial charge is 0.504 e. The first kappa shape index (κ1) is 16.8. The van der Waals surface area contributed by atoms with Crippen LogP contribution in [-0.2, 0) is 0 Å². The van der Waals surface area contributed by atoms with Gasteiger partial charge in [-0.05, 0) is 18.6 Å². The van der Waals surface area contributed by atoms with Crippen LogP contribution in [0.5, 0.6) is 17.2 Å². The van der Waals surface area contributed by atoms with Crippen molar-refractivity contribution < 1.29 is 20.4 Å². The molecule has 2 rings (SSSR count). The van der Waals surface area contributed by atoms with E-state index in [2.05, 4.69) is 10.2 Å². The molecule has 1 aromatic rings. The maximum atomic E-state index is 9.97. The van der Waals surface area contributed by atoms with Crippen molar-refractivity contribution in [3.63, 3.8) is 0 Å². The third-order valence-corrected chi connectivity index (χ3v) is 3.52. The zero-order chi connectivity index (χ0) is 13.8. The third-order valence-electron chi connectivity index (χ3n) is 3.52. The van der Waals surface area contributed by atoms with Gasteiger partial charge in [0, 0.05) is 44.4 Å². The van der Waals surface area contributed by atoms with E-state index in [-0.39, 0.29) is 36.6 Å². The van der Waals surface area contributed by atoms with Crippen molar-refractivity contribution in [2.24, 2.45) is 0 Å². The minimum atomic E-state index is -0.504. The molecule has 0 bridgehead atoms. The lowest BCUT2D eigenvalue weighted by molar-refractivity contribution is 0.138. The van der Waals surface area contributed by atoms with Gasteiger partial charge in [0.15, 0.2) is 11.5 Å². The van der Waals surface area contributed by atoms with Gasteiger partial charge < -0.3 is 25.7 Å². The number of aliphatic hydroxyl groups excluding tert-OH is 1. The fraction of sp³-hybridized carbons (Fsp3) is 0.538. The van der Waals surface area contributed by atoms with Gasteiger partial charge in [-0.2, -0.15) is 0 Å². The molecule has 0 radical (unpaired) electrons. The molecule has 1 heterocycles. The van der Waals surface area contributed by atoms with Gasteiger partial charge in [0.1, 0.15) is 0 Å². The van der Waals surface area contributed by atoms with E-state index < -0.39 is 5.75 Å². The Kier molecular flexibility index (Phi) is 6.35. The van der Waals surface area contributed by atoms with Crippen LogP contribution in [0, 0.1) is 0 Å². The summed E-state index contributed by atoms with van der Waals surface area (Å²) in [5.41, 5.74) is 0.534. The molecule has 1 saturated heterocycles. The molecule has 0 aliphatic carbocycles. The zero-order valence-corrected chi connectivity index (χ0v) is 11.9. The number of aromatic hydroxyl groups is 3. The monoisotopic (exact) mass is 304 g/mol. The number of hydrogen-bond acceptors (Lipinski definition) is 6. The van der Waals surface area contributed by atoms with Gasteiger partial charge in [0.25, 0.3) is 0 Å². The van der Waals surface area contributed by atoms with E-state index in [0.717, 1.165) is 26.2 Å². The summed E-state index contributed by atoms with van der Waals surface area (Å²) in [6.07, 6.45) is 0.470. The standard InChI is InChI=1S/C13H20N2O4.ClH/c16-8-3-10(15-6-4-14-5-7-15)9-1-2-11(17)13(19)12(9)18;/h1-2,10,14,16-19H,3-8H2;1H/t10-;/m1./s1. The van der Waals surface area contributed by atoms with Crippen molar-refractivity contribution in [1.29, 1.82) is 0 Å². The Bertz CT molecular complexity index is 439. The number of aliphatic hydroxyl groups is 1. The van der Waals surface area contributed by atoms with Gasteiger partial charge in [-0.15, -0.1) is 12.4 Å². The van der Waals surface area contributed by atoms with Crippen molar-refractivity contribution in [3.8, 4) is 17.2 Å². The van der Waals surface area contributed by atoms with Crippen LogP contribution >= 0.6 is 12.4 Å². The number of phenolic OH excluding ortho intramolecular Hbond substituents is 3. The molecule has 0 saturated carbocycles. The van der Waals surface area contributed by atoms with Crippen LogP contribution in [0.25, 0.3) is 0 Å². The quantitative estimate of drug-likeness (QED) is 0.522. The number of rotatable bonds is 4. The number of benzene rings is 1. The Labute approximate surface area is 124 Å². The molecule has 0 amide bonds. The van der Waals surface area contributed by atoms with Crippen molar-refractivity contribution >= 4 is 12.4 Å². The first-order chi connectivity index (χ1) is 9.15. The predicted octanol–water partition coefficient (Wildman–Crippen LogP) is 0.554. The van der Waals surface area contributed by atoms with Crippen molar-refractivity contribution in [2.75, 3.05) is 32.8 Å². The van der Waals surface area contributed by atoms with Crippen LogP contribution in [0.4, 0.5) is 0 Å². The molecule has 114 valence electrons. The van der Waals surface area contributed by atoms with E-state index in [1.807, 2.05) is 0 Å². The van der Waals surface area contributed by atoms with Crippen molar-refractivity contribution in [2.45, 2.75) is 12.5 Å². The smallest absolute Gasteiger partial charge is 0.200 e. The van der Waals surface area contributed by atoms with E-state index >= 15 is 0 Å². The highest BCUT2D eigenvalue weighted by molar-refractivity contribution is 5.85. The van der Waals surface area contributed by atoms with Gasteiger partial charge in [0.05, 0.1) is 0 Å². The molecule has 1 aromatic carbocycles. The maximum absolute atomic E-state index is 9.97. The molecule has 6 nitrogen and oxygen atoms in total. The van der Waals surface area contributed by atoms with Crippen molar-refractivity contribution in [1.82, 2.24) is 10.2 Å². The van der Waals surface area contributed by atoms with E-state index in [1.165, 1.54) is 6.07 Å². The first-order valence-corrected chi connectivity index (χ1v) is 6.44. The fourth-order valence-corrected chi connectivity index (χ4v) is 2.50. The maximum Gasteiger partial charge on any atom is 0.200 e. The second-order valence-electron chi connectivity index (χ2n) is 4.69. The molecule has 1 aliphatic heterocycles. The first-order valence-electron chi connectivity index (χ1n) is 6.44. The van der Waals surface area contributed by atoms with Crippen LogP contribution in [0.3, 0.4) is 0 Å². The Morgan fingerprint density at radius 1 is 1.10 bits per heavy atom. The molecule has 1 aliphatic rings. The molecular weight excluding hydrogens is 284 g/mol. The number of nitrogens with zero attached hydrogens (tertiary/aromatic N) is 1. The summed E-state index contributed by atoms with van der Waals surface area (Å²) in [4.78, 5) is 2.15. The topological polar surface area (TPSA) is 96.2 Å². The third kappa shape index (κ3) is 3.46. The molecule has 1 fully saturated rings. The van der Waals surface area contributed by atoms with E-state index in [1.54, 1.807) is 6.07 Å². The highest BCUT2D eigenvalue weighted by Gasteiger charge is 2.26. The summed E-state index contributed by atoms with van der Waals surface area (Å²) in [5.74, 6) is -1.16. The van der Waals surface area contributed by atoms with Gasteiger partial charge in [-0.3, -0.25) is 4.90 Å². The van der Waals surface area contributed by atoms with Gasteiger partial charge in [0.2, 0.25) is 5.75 Å². The van der Waals surface area contributed by atoms with Crippen LogP contribution in [0.15, 0.2) is 12.1 Å². The second-order valence-corrected chi connectivity index (χ2v) is 4.69. The molecule has 0 spiro atoms. The summed E-state index contributed by atoms with van der Waals surface area (Å²) in [6.45, 7) is 3.33. The second kappa shape index (κ2) is 7.54. The SMILES string of the molecule is Cl.OCC[C@H](c1ccc(O)c(O)c1O)N1CCNCC1. The number of halogens is 1. The van der Waals surface area contributed by atoms with Crippen molar-refractivity contribution in [3.05, 3.63) is 17.7 Å². The van der Waals surface area contributed by atoms with Gasteiger partial charge >= 0.3 is 0 Å². The molecule has 0 aromatic heterocycles. The van der Waals surface area contributed by atoms with Gasteiger partial charge in [-0.25, -0.2) is 0 Å². The minimum absolute atomic E-state index is 0. The number of piperazine rings is 1. The lowest BCUT2D eigenvalue weighted by atomic mass is 9.99. The highest BCUT2D eigenvalue weighted by atomic mass is 35.5. The van der Waals surface area contributed by atoms with Gasteiger partial charge in [-0.1, -0.05) is 0 Å². The summed E-state index contributed by atoms with van der Waals surface area (Å²) in [6, 6.07) is 2.78. The number of hydrogen-bond donors (Lipinski definition) is 5. The normalized spacial score (nSPS) is 17.4. The summed E-state index contributed by atoms with van der Waals surface area (Å²) < 4.78 is 0. The molecule has 0 unspecified atom stereocenters. The minimum Gasteiger partial charge on any atom is -0.504 e. The number of nitrogens with one attached hydrogen (secondary N) is 1. The predicted molar refractivity (Wildman–Crippen MR) is 77.6 cm³/mol. The van der Waals surface area contributed by atoms with Crippen LogP contribution in [0.2, 0.25) is 0 Å². The summed E-state index contributed by atoms with van der Waals surface area (Å²) in [5, 5.41) is 41.4. The Hall–Kier alpha value is -1.21. The van der Waals surface area contributed by atoms with E-state index in [4.69, 9.17) is 0 Å². The van der Waals surface area contributed by atoms with E-state index in [9.17, 15) is 20.4 Å². The molecule has 7 heteroatoms. The highest BCUT2D eigenvalue weighted by Crippen LogP contribution is 2.42. The lowest BCUT2D eigenvalue weighted by Gasteiger charge is -2.35. The van der Waals surface area contributed by atoms with Crippen LogP contribution < -0.4 is 5.32 Å². The molecule has 5 N–H and O–H groups in total. The van der Waals surface area contributed by atoms with Crippen LogP contribution in [0.1, 0.15) is 18.0 Å². The average Bonchev–Trinajstić information content (AvgIpc) is 2.44. The Balaban J connectivity index is 0.00000200. The zero-order valence-electron chi connectivity index (χ0n) is 11.1. The lowest BCUT2D eigenvalue weighted by Crippen LogP contribution is -2.45. The Morgan fingerprint density at radius 2 is 1.75 bits per heavy atom. The number of phenols is 3. The fourth-order valence-electron chi connectivity index (χ4n) is 2.50. The molecule has 1 atom stereocenters. The summed E-state index contributed by atoms with van der Waals surface area (Å²) >= 11 is 0. The summed E-state index contributed by atoms with van der Waals surface area (Å²) in [7, 11) is 0. The van der Waals surface area contributed by atoms with Crippen LogP contribution in [-0.4, -0.2) is 58.1 Å². The molecular formula is C13H21ClN2O4. The van der Waals surface area contributed by atoms with E-state index in [0.29, 0.717) is 12.0 Å². The Morgan fingerprint density at radius 3 is 2.35 bits per heavy atom.